The highest BCUT2D eigenvalue weighted by atomic mass is 35.5. The van der Waals surface area contributed by atoms with E-state index in [0.29, 0.717) is 0 Å². The van der Waals surface area contributed by atoms with E-state index >= 15 is 0 Å². The van der Waals surface area contributed by atoms with Crippen molar-refractivity contribution in [2.45, 2.75) is 18.9 Å². The molecule has 1 aromatic rings. The number of carbonyl (C=O) groups is 2. The zero-order chi connectivity index (χ0) is 12.3. The molecule has 1 aliphatic carbocycles. The van der Waals surface area contributed by atoms with Crippen molar-refractivity contribution < 1.29 is 9.59 Å². The number of hydrogen-bond acceptors (Lipinski definition) is 2. The maximum Gasteiger partial charge on any atom is 0.321 e. The molecule has 17 heavy (non-hydrogen) atoms. The highest BCUT2D eigenvalue weighted by molar-refractivity contribution is 6.28. The molecule has 0 spiro atoms. The van der Waals surface area contributed by atoms with Crippen LogP contribution in [0.2, 0.25) is 0 Å². The van der Waals surface area contributed by atoms with Crippen LogP contribution in [0.15, 0.2) is 24.3 Å². The van der Waals surface area contributed by atoms with Crippen LogP contribution in [0.1, 0.15) is 11.1 Å². The monoisotopic (exact) mass is 252 g/mol. The Morgan fingerprint density at radius 3 is 2.35 bits per heavy atom. The first kappa shape index (κ1) is 11.9. The average Bonchev–Trinajstić information content (AvgIpc) is 2.70. The number of fused-ring (bicyclic) bond motifs is 1. The van der Waals surface area contributed by atoms with Gasteiger partial charge in [0.25, 0.3) is 0 Å². The van der Waals surface area contributed by atoms with E-state index in [1.807, 2.05) is 12.1 Å². The van der Waals surface area contributed by atoms with Gasteiger partial charge in [-0.25, -0.2) is 4.79 Å². The number of benzene rings is 1. The molecule has 3 amide bonds. The standard InChI is InChI=1S/C12H13ClN2O2/c13-7-11(16)15-12(17)14-10-5-8-3-1-2-4-9(8)6-10/h1-4,10H,5-7H2,(H2,14,15,16,17). The number of nitrogens with one attached hydrogen (secondary N) is 2. The van der Waals surface area contributed by atoms with Crippen molar-refractivity contribution >= 4 is 23.5 Å². The van der Waals surface area contributed by atoms with Gasteiger partial charge < -0.3 is 5.32 Å². The molecule has 0 aromatic heterocycles. The van der Waals surface area contributed by atoms with E-state index in [-0.39, 0.29) is 11.9 Å². The number of urea groups is 1. The summed E-state index contributed by atoms with van der Waals surface area (Å²) in [5.74, 6) is -0.696. The number of halogens is 1. The lowest BCUT2D eigenvalue weighted by Gasteiger charge is -2.11. The molecule has 0 fully saturated rings. The third-order valence-corrected chi connectivity index (χ3v) is 3.00. The van der Waals surface area contributed by atoms with Crippen molar-refractivity contribution in [2.24, 2.45) is 0 Å². The molecule has 5 heteroatoms. The van der Waals surface area contributed by atoms with Gasteiger partial charge in [-0.2, -0.15) is 0 Å². The molecule has 0 saturated carbocycles. The lowest BCUT2D eigenvalue weighted by Crippen LogP contribution is -2.45. The van der Waals surface area contributed by atoms with E-state index in [1.54, 1.807) is 0 Å². The number of rotatable bonds is 2. The second-order valence-corrected chi connectivity index (χ2v) is 4.30. The van der Waals surface area contributed by atoms with Gasteiger partial charge in [-0.1, -0.05) is 24.3 Å². The summed E-state index contributed by atoms with van der Waals surface area (Å²) in [7, 11) is 0. The minimum Gasteiger partial charge on any atom is -0.334 e. The molecular weight excluding hydrogens is 240 g/mol. The Morgan fingerprint density at radius 2 is 1.82 bits per heavy atom. The number of amides is 3. The first-order valence-corrected chi connectivity index (χ1v) is 5.95. The van der Waals surface area contributed by atoms with E-state index < -0.39 is 11.9 Å². The van der Waals surface area contributed by atoms with Crippen LogP contribution in [-0.4, -0.2) is 23.9 Å². The molecule has 0 bridgehead atoms. The van der Waals surface area contributed by atoms with E-state index in [9.17, 15) is 9.59 Å². The molecule has 2 N–H and O–H groups in total. The van der Waals surface area contributed by atoms with Crippen molar-refractivity contribution in [1.29, 1.82) is 0 Å². The van der Waals surface area contributed by atoms with Crippen LogP contribution in [0.3, 0.4) is 0 Å². The first-order chi connectivity index (χ1) is 8.19. The van der Waals surface area contributed by atoms with E-state index in [2.05, 4.69) is 22.8 Å². The van der Waals surface area contributed by atoms with Gasteiger partial charge in [0.05, 0.1) is 0 Å². The second-order valence-electron chi connectivity index (χ2n) is 4.03. The van der Waals surface area contributed by atoms with Crippen LogP contribution in [0.4, 0.5) is 4.79 Å². The van der Waals surface area contributed by atoms with Crippen LogP contribution >= 0.6 is 11.6 Å². The summed E-state index contributed by atoms with van der Waals surface area (Å²) >= 11 is 5.29. The van der Waals surface area contributed by atoms with Crippen molar-refractivity contribution in [3.05, 3.63) is 35.4 Å². The molecule has 1 aliphatic rings. The molecule has 1 aromatic carbocycles. The van der Waals surface area contributed by atoms with Gasteiger partial charge in [0.15, 0.2) is 0 Å². The largest absolute Gasteiger partial charge is 0.334 e. The van der Waals surface area contributed by atoms with Crippen LogP contribution in [0.5, 0.6) is 0 Å². The normalized spacial score (nSPS) is 14.2. The van der Waals surface area contributed by atoms with Gasteiger partial charge in [0.1, 0.15) is 5.88 Å². The summed E-state index contributed by atoms with van der Waals surface area (Å²) in [6.45, 7) is 0. The van der Waals surface area contributed by atoms with Crippen molar-refractivity contribution in [2.75, 3.05) is 5.88 Å². The van der Waals surface area contributed by atoms with Crippen LogP contribution < -0.4 is 10.6 Å². The Bertz CT molecular complexity index is 423. The van der Waals surface area contributed by atoms with Crippen molar-refractivity contribution in [3.8, 4) is 0 Å². The number of alkyl halides is 1. The van der Waals surface area contributed by atoms with Gasteiger partial charge in [0, 0.05) is 6.04 Å². The van der Waals surface area contributed by atoms with E-state index in [0.717, 1.165) is 12.8 Å². The molecule has 0 unspecified atom stereocenters. The summed E-state index contributed by atoms with van der Waals surface area (Å²) < 4.78 is 0. The summed E-state index contributed by atoms with van der Waals surface area (Å²) in [4.78, 5) is 22.3. The lowest BCUT2D eigenvalue weighted by atomic mass is 10.1. The van der Waals surface area contributed by atoms with Crippen LogP contribution in [-0.2, 0) is 17.6 Å². The van der Waals surface area contributed by atoms with Crippen LogP contribution in [0.25, 0.3) is 0 Å². The first-order valence-electron chi connectivity index (χ1n) is 5.42. The van der Waals surface area contributed by atoms with Gasteiger partial charge in [-0.15, -0.1) is 11.6 Å². The fraction of sp³-hybridized carbons (Fsp3) is 0.333. The molecule has 0 heterocycles. The molecule has 0 aliphatic heterocycles. The van der Waals surface area contributed by atoms with E-state index in [1.165, 1.54) is 11.1 Å². The van der Waals surface area contributed by atoms with E-state index in [4.69, 9.17) is 11.6 Å². The quantitative estimate of drug-likeness (QED) is 0.778. The summed E-state index contributed by atoms with van der Waals surface area (Å²) in [5, 5.41) is 4.92. The summed E-state index contributed by atoms with van der Waals surface area (Å²) in [5.41, 5.74) is 2.50. The Kier molecular flexibility index (Phi) is 3.64. The third-order valence-electron chi connectivity index (χ3n) is 2.76. The fourth-order valence-corrected chi connectivity index (χ4v) is 2.11. The number of imide groups is 1. The maximum absolute atomic E-state index is 11.4. The van der Waals surface area contributed by atoms with Crippen molar-refractivity contribution in [1.82, 2.24) is 10.6 Å². The summed E-state index contributed by atoms with van der Waals surface area (Å²) in [6.07, 6.45) is 1.61. The average molecular weight is 253 g/mol. The highest BCUT2D eigenvalue weighted by Crippen LogP contribution is 2.21. The Hall–Kier alpha value is -1.55. The van der Waals surface area contributed by atoms with Gasteiger partial charge in [-0.3, -0.25) is 10.1 Å². The summed E-state index contributed by atoms with van der Waals surface area (Å²) in [6, 6.07) is 7.65. The number of carbonyl (C=O) groups excluding carboxylic acids is 2. The topological polar surface area (TPSA) is 58.2 Å². The zero-order valence-electron chi connectivity index (χ0n) is 9.20. The number of hydrogen-bond donors (Lipinski definition) is 2. The fourth-order valence-electron chi connectivity index (χ4n) is 2.04. The van der Waals surface area contributed by atoms with Gasteiger partial charge in [0.2, 0.25) is 5.91 Å². The maximum atomic E-state index is 11.4. The Balaban J connectivity index is 1.87. The molecule has 0 radical (unpaired) electrons. The Morgan fingerprint density at radius 1 is 1.24 bits per heavy atom. The van der Waals surface area contributed by atoms with Gasteiger partial charge in [-0.05, 0) is 24.0 Å². The molecule has 0 atom stereocenters. The lowest BCUT2D eigenvalue weighted by molar-refractivity contribution is -0.117. The molecule has 90 valence electrons. The molecule has 0 saturated heterocycles. The smallest absolute Gasteiger partial charge is 0.321 e. The molecule has 4 nitrogen and oxygen atoms in total. The van der Waals surface area contributed by atoms with Crippen LogP contribution in [0, 0.1) is 0 Å². The molecule has 2 rings (SSSR count). The van der Waals surface area contributed by atoms with Crippen molar-refractivity contribution in [3.63, 3.8) is 0 Å². The minimum atomic E-state index is -0.486. The minimum absolute atomic E-state index is 0.0514. The predicted octanol–water partition coefficient (Wildman–Crippen LogP) is 1.22. The Labute approximate surface area is 104 Å². The third kappa shape index (κ3) is 2.97. The SMILES string of the molecule is O=C(CCl)NC(=O)NC1Cc2ccccc2C1. The zero-order valence-corrected chi connectivity index (χ0v) is 9.96. The van der Waals surface area contributed by atoms with Gasteiger partial charge >= 0.3 is 6.03 Å². The second kappa shape index (κ2) is 5.19. The highest BCUT2D eigenvalue weighted by Gasteiger charge is 2.22. The predicted molar refractivity (Wildman–Crippen MR) is 65.0 cm³/mol. The molecular formula is C12H13ClN2O2.